The van der Waals surface area contributed by atoms with E-state index in [1.54, 1.807) is 0 Å². The van der Waals surface area contributed by atoms with Gasteiger partial charge in [0, 0.05) is 6.08 Å². The second kappa shape index (κ2) is 7.07. The fraction of sp³-hybridized carbons (Fsp3) is 0.111. The van der Waals surface area contributed by atoms with E-state index in [1.165, 1.54) is 0 Å². The molecule has 0 atom stereocenters. The van der Waals surface area contributed by atoms with Crippen molar-refractivity contribution in [3.05, 3.63) is 81.6 Å². The first-order valence-corrected chi connectivity index (χ1v) is 10.5. The molecule has 1 aliphatic heterocycles. The molecule has 0 amide bonds. The van der Waals surface area contributed by atoms with E-state index in [4.69, 9.17) is 9.47 Å². The van der Waals surface area contributed by atoms with Gasteiger partial charge in [-0.25, -0.2) is 0 Å². The summed E-state index contributed by atoms with van der Waals surface area (Å²) < 4.78 is 13.2. The van der Waals surface area contributed by atoms with Gasteiger partial charge in [0.05, 0.1) is 0 Å². The van der Waals surface area contributed by atoms with Crippen molar-refractivity contribution in [1.29, 1.82) is 0 Å². The molecule has 0 aromatic heterocycles. The number of aryl methyl sites for hydroxylation is 2. The standard InChI is InChI=1S/C18H16ClO2.Al.H/c1-14-7-3-5-9-17(14)20-13-16(11-12-19)21-18-10-6-4-8-15(18)2;;/h3-12H,1-2H3;;/q;+1;. The van der Waals surface area contributed by atoms with Crippen molar-refractivity contribution >= 4 is 14.3 Å². The topological polar surface area (TPSA) is 18.5 Å². The van der Waals surface area contributed by atoms with Crippen LogP contribution in [0.4, 0.5) is 0 Å². The molecule has 0 unspecified atom stereocenters. The van der Waals surface area contributed by atoms with Crippen LogP contribution in [-0.2, 0) is 0 Å². The predicted octanol–water partition coefficient (Wildman–Crippen LogP) is 3.89. The third kappa shape index (κ3) is 3.56. The van der Waals surface area contributed by atoms with E-state index >= 15 is 0 Å². The lowest BCUT2D eigenvalue weighted by molar-refractivity contribution is -0.434. The maximum atomic E-state index is 6.14. The number of allylic oxidation sites excluding steroid dienone is 1. The van der Waals surface area contributed by atoms with Crippen molar-refractivity contribution in [2.45, 2.75) is 13.8 Å². The first kappa shape index (κ1) is 15.2. The Bertz CT molecular complexity index is 737. The van der Waals surface area contributed by atoms with Crippen molar-refractivity contribution in [1.82, 2.24) is 0 Å². The first-order chi connectivity index (χ1) is 10.7. The summed E-state index contributed by atoms with van der Waals surface area (Å²) in [7, 11) is 2.33. The SMILES string of the molecule is Cc1ccccc1OC1=[C](Oc2ccccc2C)[AlH][Cl+]C=C1. The van der Waals surface area contributed by atoms with E-state index in [-0.39, 0.29) is 0 Å². The smallest absolute Gasteiger partial charge is 0.469 e. The largest absolute Gasteiger partial charge is 0.792 e. The van der Waals surface area contributed by atoms with Gasteiger partial charge in [0.25, 0.3) is 0 Å². The van der Waals surface area contributed by atoms with Crippen LogP contribution >= 0.6 is 0 Å². The van der Waals surface area contributed by atoms with E-state index in [1.807, 2.05) is 61.0 Å². The van der Waals surface area contributed by atoms with Crippen molar-refractivity contribution < 1.29 is 18.7 Å². The van der Waals surface area contributed by atoms with Crippen LogP contribution in [0.2, 0.25) is 0 Å². The minimum Gasteiger partial charge on any atom is -0.469 e. The third-order valence-corrected chi connectivity index (χ3v) is 6.34. The monoisotopic (exact) mass is 327 g/mol. The average Bonchev–Trinajstić information content (AvgIpc) is 2.53. The highest BCUT2D eigenvalue weighted by Gasteiger charge is 2.30. The number of benzene rings is 2. The zero-order valence-electron chi connectivity index (χ0n) is 12.7. The fourth-order valence-corrected chi connectivity index (χ4v) is 4.62. The van der Waals surface area contributed by atoms with Crippen LogP contribution in [0.15, 0.2) is 70.5 Å². The zero-order valence-corrected chi connectivity index (χ0v) is 14.8. The van der Waals surface area contributed by atoms with Crippen molar-refractivity contribution in [3.63, 3.8) is 0 Å². The lowest BCUT2D eigenvalue weighted by Gasteiger charge is -2.15. The molecule has 0 aliphatic carbocycles. The first-order valence-electron chi connectivity index (χ1n) is 7.18. The maximum absolute atomic E-state index is 6.14. The van der Waals surface area contributed by atoms with Crippen LogP contribution in [-0.4, -0.2) is 14.3 Å². The lowest BCUT2D eigenvalue weighted by atomic mass is 10.2. The molecule has 0 saturated heterocycles. The van der Waals surface area contributed by atoms with E-state index < -0.39 is 14.3 Å². The Morgan fingerprint density at radius 3 is 2.05 bits per heavy atom. The van der Waals surface area contributed by atoms with E-state index in [0.29, 0.717) is 0 Å². The minimum atomic E-state index is -0.606. The summed E-state index contributed by atoms with van der Waals surface area (Å²) in [6.07, 6.45) is 1.98. The van der Waals surface area contributed by atoms with Crippen LogP contribution in [0, 0.1) is 23.1 Å². The molecule has 0 fully saturated rings. The van der Waals surface area contributed by atoms with Gasteiger partial charge in [-0.05, 0) is 46.4 Å². The van der Waals surface area contributed by atoms with Gasteiger partial charge in [-0.2, -0.15) is 0 Å². The fourth-order valence-electron chi connectivity index (χ4n) is 2.14. The Hall–Kier alpha value is -1.66. The van der Waals surface area contributed by atoms with E-state index in [0.717, 1.165) is 33.0 Å². The quantitative estimate of drug-likeness (QED) is 0.793. The number of rotatable bonds is 4. The van der Waals surface area contributed by atoms with E-state index in [9.17, 15) is 0 Å². The van der Waals surface area contributed by atoms with Gasteiger partial charge < -0.3 is 9.47 Å². The Morgan fingerprint density at radius 1 is 0.818 bits per heavy atom. The van der Waals surface area contributed by atoms with Gasteiger partial charge in [0.2, 0.25) is 0 Å². The highest BCUT2D eigenvalue weighted by Crippen LogP contribution is 2.25. The molecule has 1 heterocycles. The molecule has 22 heavy (non-hydrogen) atoms. The molecule has 3 rings (SSSR count). The molecule has 110 valence electrons. The van der Waals surface area contributed by atoms with Crippen LogP contribution in [0.25, 0.3) is 0 Å². The minimum absolute atomic E-state index is 0.606. The predicted molar refractivity (Wildman–Crippen MR) is 86.9 cm³/mol. The Labute approximate surface area is 140 Å². The van der Waals surface area contributed by atoms with Gasteiger partial charge in [0.15, 0.2) is 10.4 Å². The molecule has 1 aliphatic rings. The molecule has 0 radical (unpaired) electrons. The zero-order chi connectivity index (χ0) is 15.4. The van der Waals surface area contributed by atoms with Gasteiger partial charge >= 0.3 is 14.3 Å². The second-order valence-electron chi connectivity index (χ2n) is 5.10. The Balaban J connectivity index is 1.89. The molecule has 2 aromatic carbocycles. The van der Waals surface area contributed by atoms with E-state index in [2.05, 4.69) is 22.2 Å². The highest BCUT2D eigenvalue weighted by molar-refractivity contribution is 6.35. The maximum Gasteiger partial charge on any atom is 0.792 e. The van der Waals surface area contributed by atoms with Gasteiger partial charge in [0.1, 0.15) is 17.0 Å². The lowest BCUT2D eigenvalue weighted by Crippen LogP contribution is -2.15. The molecule has 0 spiro atoms. The van der Waals surface area contributed by atoms with Crippen LogP contribution in [0.3, 0.4) is 0 Å². The van der Waals surface area contributed by atoms with Crippen LogP contribution < -0.4 is 9.47 Å². The van der Waals surface area contributed by atoms with Crippen molar-refractivity contribution in [2.75, 3.05) is 0 Å². The van der Waals surface area contributed by atoms with Gasteiger partial charge in [-0.15, -0.1) is 0 Å². The van der Waals surface area contributed by atoms with Gasteiger partial charge in [-0.1, -0.05) is 36.4 Å². The molecule has 4 heteroatoms. The molecular formula is C18H17AlClO2+. The third-order valence-electron chi connectivity index (χ3n) is 3.42. The number of para-hydroxylation sites is 2. The molecule has 2 nitrogen and oxygen atoms in total. The Morgan fingerprint density at radius 2 is 1.41 bits per heavy atom. The number of hydrogen-bond acceptors (Lipinski definition) is 2. The molecule has 0 bridgehead atoms. The molecule has 2 aromatic rings. The van der Waals surface area contributed by atoms with Crippen molar-refractivity contribution in [2.24, 2.45) is 0 Å². The molecular weight excluding hydrogens is 311 g/mol. The molecule has 0 saturated carbocycles. The number of ether oxygens (including phenoxy) is 2. The van der Waals surface area contributed by atoms with Crippen LogP contribution in [0.1, 0.15) is 11.1 Å². The van der Waals surface area contributed by atoms with Gasteiger partial charge in [-0.3, -0.25) is 0 Å². The van der Waals surface area contributed by atoms with Crippen LogP contribution in [0.5, 0.6) is 11.5 Å². The number of hydrogen-bond donors (Lipinski definition) is 0. The highest BCUT2D eigenvalue weighted by atomic mass is 35.6. The summed E-state index contributed by atoms with van der Waals surface area (Å²) in [5.74, 6) is 2.60. The average molecular weight is 328 g/mol. The summed E-state index contributed by atoms with van der Waals surface area (Å²) in [4.78, 5) is 0. The number of halogens is 1. The normalized spacial score (nSPS) is 13.7. The van der Waals surface area contributed by atoms with Crippen molar-refractivity contribution in [3.8, 4) is 11.5 Å². The summed E-state index contributed by atoms with van der Waals surface area (Å²) in [5, 5.41) is 0. The summed E-state index contributed by atoms with van der Waals surface area (Å²) in [6, 6.07) is 16.1. The summed E-state index contributed by atoms with van der Waals surface area (Å²) in [6.45, 7) is 4.10. The summed E-state index contributed by atoms with van der Waals surface area (Å²) >= 11 is -0.606. The second-order valence-corrected chi connectivity index (χ2v) is 8.30. The molecule has 0 N–H and O–H groups in total. The summed E-state index contributed by atoms with van der Waals surface area (Å²) in [5.41, 5.74) is 4.30. The Kier molecular flexibility index (Phi) is 4.90.